The van der Waals surface area contributed by atoms with Crippen molar-refractivity contribution in [2.75, 3.05) is 6.54 Å². The molecule has 0 bridgehead atoms. The van der Waals surface area contributed by atoms with Crippen molar-refractivity contribution in [1.29, 1.82) is 0 Å². The van der Waals surface area contributed by atoms with Gasteiger partial charge in [-0.3, -0.25) is 5.01 Å². The maximum atomic E-state index is 10.5. The first kappa shape index (κ1) is 6.61. The van der Waals surface area contributed by atoms with E-state index in [4.69, 9.17) is 0 Å². The molecule has 2 rings (SSSR count). The average Bonchev–Trinajstić information content (AvgIpc) is 2.47. The van der Waals surface area contributed by atoms with E-state index >= 15 is 0 Å². The summed E-state index contributed by atoms with van der Waals surface area (Å²) in [5.41, 5.74) is 4.21. The Morgan fingerprint density at radius 1 is 1.73 bits per heavy atom. The number of aldehydes is 1. The van der Waals surface area contributed by atoms with Crippen LogP contribution in [0.4, 0.5) is 0 Å². The van der Waals surface area contributed by atoms with Crippen LogP contribution in [0.25, 0.3) is 0 Å². The molecule has 0 aromatic rings. The van der Waals surface area contributed by atoms with E-state index in [0.717, 1.165) is 24.9 Å². The summed E-state index contributed by atoms with van der Waals surface area (Å²) in [4.78, 5) is 10.5. The zero-order valence-electron chi connectivity index (χ0n) is 6.16. The van der Waals surface area contributed by atoms with Crippen molar-refractivity contribution in [2.45, 2.75) is 6.42 Å². The normalized spacial score (nSPS) is 28.2. The minimum absolute atomic E-state index is 0.0555. The second-order valence-electron chi connectivity index (χ2n) is 2.72. The molecule has 0 saturated carbocycles. The molecule has 11 heavy (non-hydrogen) atoms. The van der Waals surface area contributed by atoms with Crippen molar-refractivity contribution in [3.05, 3.63) is 24.0 Å². The predicted molar refractivity (Wildman–Crippen MR) is 41.2 cm³/mol. The Morgan fingerprint density at radius 2 is 2.64 bits per heavy atom. The second-order valence-corrected chi connectivity index (χ2v) is 2.72. The van der Waals surface area contributed by atoms with Crippen LogP contribution < -0.4 is 5.43 Å². The van der Waals surface area contributed by atoms with Crippen molar-refractivity contribution >= 4 is 6.29 Å². The van der Waals surface area contributed by atoms with Gasteiger partial charge in [0.05, 0.1) is 5.92 Å². The van der Waals surface area contributed by atoms with Gasteiger partial charge in [-0.25, -0.2) is 5.43 Å². The van der Waals surface area contributed by atoms with Crippen LogP contribution in [0.1, 0.15) is 6.42 Å². The summed E-state index contributed by atoms with van der Waals surface area (Å²) in [5.74, 6) is 0.0555. The van der Waals surface area contributed by atoms with Crippen molar-refractivity contribution in [1.82, 2.24) is 10.4 Å². The first-order valence-corrected chi connectivity index (χ1v) is 3.76. The Hall–Kier alpha value is -1.09. The van der Waals surface area contributed by atoms with Crippen LogP contribution in [0.2, 0.25) is 0 Å². The van der Waals surface area contributed by atoms with Crippen LogP contribution in [0, 0.1) is 5.92 Å². The molecule has 2 aliphatic rings. The molecule has 1 saturated heterocycles. The predicted octanol–water partition coefficient (Wildman–Crippen LogP) is 0.423. The zero-order chi connectivity index (χ0) is 7.68. The zero-order valence-corrected chi connectivity index (χ0v) is 6.16. The molecule has 2 aliphatic heterocycles. The van der Waals surface area contributed by atoms with Crippen molar-refractivity contribution in [2.24, 2.45) is 5.92 Å². The van der Waals surface area contributed by atoms with Gasteiger partial charge in [-0.05, 0) is 6.42 Å². The molecule has 0 aromatic carbocycles. The lowest BCUT2D eigenvalue weighted by atomic mass is 10.1. The van der Waals surface area contributed by atoms with Gasteiger partial charge in [0.15, 0.2) is 0 Å². The Bertz CT molecular complexity index is 224. The average molecular weight is 150 g/mol. The smallest absolute Gasteiger partial charge is 0.130 e. The molecule has 2 heterocycles. The first-order valence-electron chi connectivity index (χ1n) is 3.76. The first-order chi connectivity index (χ1) is 5.42. The third-order valence-corrected chi connectivity index (χ3v) is 2.02. The number of hydrazine groups is 1. The van der Waals surface area contributed by atoms with Crippen molar-refractivity contribution < 1.29 is 4.79 Å². The third kappa shape index (κ3) is 0.973. The third-order valence-electron chi connectivity index (χ3n) is 2.02. The molecule has 0 radical (unpaired) electrons. The van der Waals surface area contributed by atoms with Crippen LogP contribution in [-0.4, -0.2) is 17.8 Å². The largest absolute Gasteiger partial charge is 0.303 e. The lowest BCUT2D eigenvalue weighted by Gasteiger charge is -2.18. The topological polar surface area (TPSA) is 32.3 Å². The van der Waals surface area contributed by atoms with Gasteiger partial charge in [-0.2, -0.15) is 0 Å². The number of hydrogen-bond acceptors (Lipinski definition) is 3. The van der Waals surface area contributed by atoms with E-state index in [1.807, 2.05) is 11.2 Å². The van der Waals surface area contributed by atoms with Gasteiger partial charge in [-0.1, -0.05) is 12.2 Å². The van der Waals surface area contributed by atoms with Crippen molar-refractivity contribution in [3.8, 4) is 0 Å². The fourth-order valence-electron chi connectivity index (χ4n) is 1.43. The maximum Gasteiger partial charge on any atom is 0.130 e. The fourth-order valence-corrected chi connectivity index (χ4v) is 1.43. The molecule has 58 valence electrons. The van der Waals surface area contributed by atoms with E-state index in [2.05, 4.69) is 17.6 Å². The second kappa shape index (κ2) is 2.51. The summed E-state index contributed by atoms with van der Waals surface area (Å²) in [5, 5.41) is 1.92. The van der Waals surface area contributed by atoms with Gasteiger partial charge in [0.1, 0.15) is 6.29 Å². The lowest BCUT2D eigenvalue weighted by Crippen LogP contribution is -2.24. The molecule has 0 aromatic heterocycles. The summed E-state index contributed by atoms with van der Waals surface area (Å²) in [6.45, 7) is 0.736. The van der Waals surface area contributed by atoms with Gasteiger partial charge >= 0.3 is 0 Å². The molecule has 3 nitrogen and oxygen atoms in total. The molecule has 0 aliphatic carbocycles. The molecule has 1 atom stereocenters. The van der Waals surface area contributed by atoms with Gasteiger partial charge in [-0.15, -0.1) is 0 Å². The lowest BCUT2D eigenvalue weighted by molar-refractivity contribution is -0.109. The molecular formula is C8H10N2O. The fraction of sp³-hybridized carbons (Fsp3) is 0.375. The van der Waals surface area contributed by atoms with Crippen LogP contribution in [0.15, 0.2) is 24.0 Å². The van der Waals surface area contributed by atoms with Gasteiger partial charge in [0, 0.05) is 18.4 Å². The van der Waals surface area contributed by atoms with E-state index in [1.54, 1.807) is 0 Å². The van der Waals surface area contributed by atoms with Gasteiger partial charge < -0.3 is 4.79 Å². The van der Waals surface area contributed by atoms with Crippen molar-refractivity contribution in [3.63, 3.8) is 0 Å². The summed E-state index contributed by atoms with van der Waals surface area (Å²) >= 11 is 0. The molecule has 1 unspecified atom stereocenters. The van der Waals surface area contributed by atoms with Gasteiger partial charge in [0.2, 0.25) is 0 Å². The van der Waals surface area contributed by atoms with E-state index < -0.39 is 0 Å². The minimum atomic E-state index is 0.0555. The standard InChI is InChI=1S/C8H10N2O/c11-6-7-5-9-10-4-2-1-3-8(7)10/h2-4,6-7,9H,1,5H2. The Balaban J connectivity index is 2.23. The van der Waals surface area contributed by atoms with Crippen LogP contribution >= 0.6 is 0 Å². The summed E-state index contributed by atoms with van der Waals surface area (Å²) in [7, 11) is 0. The number of rotatable bonds is 1. The highest BCUT2D eigenvalue weighted by Crippen LogP contribution is 2.22. The SMILES string of the molecule is O=CC1CNN2C=CCC=C12. The van der Waals surface area contributed by atoms with E-state index in [0.29, 0.717) is 0 Å². The van der Waals surface area contributed by atoms with E-state index in [9.17, 15) is 4.79 Å². The molecule has 0 amide bonds. The Kier molecular flexibility index (Phi) is 1.51. The summed E-state index contributed by atoms with van der Waals surface area (Å²) in [6, 6.07) is 0. The highest BCUT2D eigenvalue weighted by Gasteiger charge is 2.26. The Labute approximate surface area is 65.3 Å². The minimum Gasteiger partial charge on any atom is -0.303 e. The highest BCUT2D eigenvalue weighted by atomic mass is 16.1. The molecular weight excluding hydrogens is 140 g/mol. The van der Waals surface area contributed by atoms with E-state index in [1.165, 1.54) is 0 Å². The number of allylic oxidation sites excluding steroid dienone is 2. The Morgan fingerprint density at radius 3 is 3.45 bits per heavy atom. The molecule has 3 heteroatoms. The summed E-state index contributed by atoms with van der Waals surface area (Å²) in [6.07, 6.45) is 8.05. The van der Waals surface area contributed by atoms with Crippen LogP contribution in [0.5, 0.6) is 0 Å². The number of nitrogens with one attached hydrogen (secondary N) is 1. The van der Waals surface area contributed by atoms with E-state index in [-0.39, 0.29) is 5.92 Å². The molecule has 0 spiro atoms. The van der Waals surface area contributed by atoms with Crippen LogP contribution in [-0.2, 0) is 4.79 Å². The quantitative estimate of drug-likeness (QED) is 0.550. The number of nitrogens with zero attached hydrogens (tertiary/aromatic N) is 1. The maximum absolute atomic E-state index is 10.5. The van der Waals surface area contributed by atoms with Crippen LogP contribution in [0.3, 0.4) is 0 Å². The summed E-state index contributed by atoms with van der Waals surface area (Å²) < 4.78 is 0. The number of hydrogen-bond donors (Lipinski definition) is 1. The highest BCUT2D eigenvalue weighted by molar-refractivity contribution is 5.60. The van der Waals surface area contributed by atoms with Gasteiger partial charge in [0.25, 0.3) is 0 Å². The molecule has 1 fully saturated rings. The molecule has 1 N–H and O–H groups in total. The monoisotopic (exact) mass is 150 g/mol. The number of fused-ring (bicyclic) bond motifs is 1. The number of carbonyl (C=O) groups is 1. The number of carbonyl (C=O) groups excluding carboxylic acids is 1.